The number of fused-ring (bicyclic) bond motifs is 1. The molecule has 3 aromatic rings. The van der Waals surface area contributed by atoms with Gasteiger partial charge in [-0.05, 0) is 60.4 Å². The lowest BCUT2D eigenvalue weighted by atomic mass is 10.0. The maximum Gasteiger partial charge on any atom is 0.264 e. The molecule has 3 aromatic carbocycles. The summed E-state index contributed by atoms with van der Waals surface area (Å²) >= 11 is 12.0. The van der Waals surface area contributed by atoms with Crippen molar-refractivity contribution in [3.8, 4) is 0 Å². The maximum absolute atomic E-state index is 13.3. The van der Waals surface area contributed by atoms with Gasteiger partial charge < -0.3 is 5.32 Å². The third-order valence-corrected chi connectivity index (χ3v) is 7.60. The third kappa shape index (κ3) is 4.56. The molecule has 8 heteroatoms. The number of nitrogens with one attached hydrogen (secondary N) is 1. The number of sulfonamides is 1. The van der Waals surface area contributed by atoms with Crippen molar-refractivity contribution in [3.05, 3.63) is 93.5 Å². The number of carbonyl (C=O) groups excluding carboxylic acids is 1. The van der Waals surface area contributed by atoms with E-state index in [2.05, 4.69) is 5.32 Å². The predicted octanol–water partition coefficient (Wildman–Crippen LogP) is 5.06. The van der Waals surface area contributed by atoms with Crippen molar-refractivity contribution < 1.29 is 13.2 Å². The molecule has 0 radical (unpaired) electrons. The first-order chi connectivity index (χ1) is 14.9. The van der Waals surface area contributed by atoms with Crippen molar-refractivity contribution in [2.75, 3.05) is 10.8 Å². The van der Waals surface area contributed by atoms with Gasteiger partial charge in [-0.3, -0.25) is 9.10 Å². The second kappa shape index (κ2) is 8.91. The first-order valence-corrected chi connectivity index (χ1v) is 12.0. The van der Waals surface area contributed by atoms with Crippen LogP contribution in [0.2, 0.25) is 10.0 Å². The summed E-state index contributed by atoms with van der Waals surface area (Å²) in [5, 5.41) is 3.74. The van der Waals surface area contributed by atoms with Crippen LogP contribution < -0.4 is 9.62 Å². The third-order valence-electron chi connectivity index (χ3n) is 5.21. The van der Waals surface area contributed by atoms with Crippen LogP contribution in [-0.4, -0.2) is 20.9 Å². The highest BCUT2D eigenvalue weighted by Gasteiger charge is 2.29. The average Bonchev–Trinajstić information content (AvgIpc) is 2.78. The molecule has 1 N–H and O–H groups in total. The summed E-state index contributed by atoms with van der Waals surface area (Å²) in [6.45, 7) is 0.607. The number of aryl methyl sites for hydroxylation is 1. The number of hydrogen-bond acceptors (Lipinski definition) is 3. The summed E-state index contributed by atoms with van der Waals surface area (Å²) in [5.41, 5.74) is 2.68. The molecule has 0 spiro atoms. The van der Waals surface area contributed by atoms with Crippen molar-refractivity contribution in [3.63, 3.8) is 0 Å². The van der Waals surface area contributed by atoms with Crippen molar-refractivity contribution in [1.29, 1.82) is 0 Å². The Morgan fingerprint density at radius 3 is 2.61 bits per heavy atom. The van der Waals surface area contributed by atoms with E-state index in [0.717, 1.165) is 18.4 Å². The Bertz CT molecular complexity index is 1250. The molecule has 5 nitrogen and oxygen atoms in total. The minimum absolute atomic E-state index is 0.0846. The largest absolute Gasteiger partial charge is 0.348 e. The first-order valence-electron chi connectivity index (χ1n) is 9.79. The Labute approximate surface area is 191 Å². The van der Waals surface area contributed by atoms with Crippen LogP contribution in [0.5, 0.6) is 0 Å². The Kier molecular flexibility index (Phi) is 6.23. The van der Waals surface area contributed by atoms with E-state index in [-0.39, 0.29) is 22.9 Å². The van der Waals surface area contributed by atoms with Crippen molar-refractivity contribution in [1.82, 2.24) is 5.32 Å². The number of hydrogen-bond donors (Lipinski definition) is 1. The molecule has 1 amide bonds. The fraction of sp³-hybridized carbons (Fsp3) is 0.174. The number of carbonyl (C=O) groups is 1. The molecule has 1 heterocycles. The van der Waals surface area contributed by atoms with Crippen LogP contribution >= 0.6 is 23.2 Å². The fourth-order valence-electron chi connectivity index (χ4n) is 3.62. The van der Waals surface area contributed by atoms with Crippen LogP contribution in [0.1, 0.15) is 27.9 Å². The Morgan fingerprint density at radius 1 is 1.00 bits per heavy atom. The number of anilines is 1. The van der Waals surface area contributed by atoms with E-state index in [1.54, 1.807) is 30.3 Å². The van der Waals surface area contributed by atoms with E-state index < -0.39 is 10.0 Å². The number of nitrogens with zero attached hydrogens (tertiary/aromatic N) is 1. The molecule has 0 saturated heterocycles. The quantitative estimate of drug-likeness (QED) is 0.561. The van der Waals surface area contributed by atoms with Gasteiger partial charge in [-0.2, -0.15) is 0 Å². The van der Waals surface area contributed by atoms with E-state index in [9.17, 15) is 13.2 Å². The molecule has 160 valence electrons. The SMILES string of the molecule is O=C(NCc1ccc(Cl)cc1Cl)c1cccc(S(=O)(=O)N2CCCc3ccccc32)c1. The van der Waals surface area contributed by atoms with Gasteiger partial charge in [-0.1, -0.05) is 53.5 Å². The lowest BCUT2D eigenvalue weighted by Gasteiger charge is -2.30. The number of benzene rings is 3. The molecule has 31 heavy (non-hydrogen) atoms. The molecule has 0 fully saturated rings. The van der Waals surface area contributed by atoms with Crippen LogP contribution in [0.15, 0.2) is 71.6 Å². The van der Waals surface area contributed by atoms with Gasteiger partial charge in [0.1, 0.15) is 0 Å². The van der Waals surface area contributed by atoms with Crippen molar-refractivity contribution in [2.24, 2.45) is 0 Å². The van der Waals surface area contributed by atoms with E-state index in [4.69, 9.17) is 23.2 Å². The van der Waals surface area contributed by atoms with Gasteiger partial charge in [0.2, 0.25) is 0 Å². The van der Waals surface area contributed by atoms with Crippen LogP contribution in [0.25, 0.3) is 0 Å². The minimum atomic E-state index is -3.79. The van der Waals surface area contributed by atoms with Crippen LogP contribution in [0, 0.1) is 0 Å². The van der Waals surface area contributed by atoms with E-state index in [1.165, 1.54) is 16.4 Å². The molecule has 0 unspecified atom stereocenters. The molecule has 0 saturated carbocycles. The van der Waals surface area contributed by atoms with Gasteiger partial charge in [-0.25, -0.2) is 8.42 Å². The van der Waals surface area contributed by atoms with Gasteiger partial charge in [0.25, 0.3) is 15.9 Å². The Morgan fingerprint density at radius 2 is 1.81 bits per heavy atom. The first kappa shape index (κ1) is 21.7. The van der Waals surface area contributed by atoms with E-state index in [0.29, 0.717) is 27.8 Å². The normalized spacial score (nSPS) is 13.5. The zero-order valence-electron chi connectivity index (χ0n) is 16.5. The summed E-state index contributed by atoms with van der Waals surface area (Å²) in [6, 6.07) is 18.6. The van der Waals surface area contributed by atoms with Crippen molar-refractivity contribution >= 4 is 44.8 Å². The number of halogens is 2. The summed E-state index contributed by atoms with van der Waals surface area (Å²) in [4.78, 5) is 12.7. The molecule has 0 aromatic heterocycles. The summed E-state index contributed by atoms with van der Waals surface area (Å²) < 4.78 is 28.1. The molecule has 0 atom stereocenters. The average molecular weight is 475 g/mol. The Hall–Kier alpha value is -2.54. The standard InChI is InChI=1S/C23H20Cl2N2O3S/c24-19-11-10-18(21(25)14-19)15-26-23(28)17-6-3-8-20(13-17)31(29,30)27-12-4-7-16-5-1-2-9-22(16)27/h1-3,5-6,8-11,13-14H,4,7,12,15H2,(H,26,28). The zero-order valence-corrected chi connectivity index (χ0v) is 18.8. The lowest BCUT2D eigenvalue weighted by molar-refractivity contribution is 0.0950. The molecule has 1 aliphatic heterocycles. The van der Waals surface area contributed by atoms with Crippen LogP contribution in [-0.2, 0) is 23.0 Å². The van der Waals surface area contributed by atoms with Gasteiger partial charge in [-0.15, -0.1) is 0 Å². The molecule has 1 aliphatic rings. The van der Waals surface area contributed by atoms with Gasteiger partial charge in [0.05, 0.1) is 10.6 Å². The summed E-state index contributed by atoms with van der Waals surface area (Å²) in [5.74, 6) is -0.387. The zero-order chi connectivity index (χ0) is 22.0. The molecular formula is C23H20Cl2N2O3S. The highest BCUT2D eigenvalue weighted by Crippen LogP contribution is 2.32. The number of para-hydroxylation sites is 1. The Balaban J connectivity index is 1.56. The number of amides is 1. The highest BCUT2D eigenvalue weighted by molar-refractivity contribution is 7.92. The lowest BCUT2D eigenvalue weighted by Crippen LogP contribution is -2.35. The smallest absolute Gasteiger partial charge is 0.264 e. The monoisotopic (exact) mass is 474 g/mol. The topological polar surface area (TPSA) is 66.5 Å². The van der Waals surface area contributed by atoms with Gasteiger partial charge >= 0.3 is 0 Å². The molecule has 0 aliphatic carbocycles. The summed E-state index contributed by atoms with van der Waals surface area (Å²) in [6.07, 6.45) is 1.59. The predicted molar refractivity (Wildman–Crippen MR) is 123 cm³/mol. The molecule has 0 bridgehead atoms. The molecular weight excluding hydrogens is 455 g/mol. The van der Waals surface area contributed by atoms with Crippen molar-refractivity contribution in [2.45, 2.75) is 24.3 Å². The fourth-order valence-corrected chi connectivity index (χ4v) is 5.68. The van der Waals surface area contributed by atoms with Crippen LogP contribution in [0.3, 0.4) is 0 Å². The van der Waals surface area contributed by atoms with Gasteiger partial charge in [0, 0.05) is 28.7 Å². The second-order valence-corrected chi connectivity index (χ2v) is 9.96. The van der Waals surface area contributed by atoms with Gasteiger partial charge in [0.15, 0.2) is 0 Å². The maximum atomic E-state index is 13.3. The highest BCUT2D eigenvalue weighted by atomic mass is 35.5. The minimum Gasteiger partial charge on any atom is -0.348 e. The summed E-state index contributed by atoms with van der Waals surface area (Å²) in [7, 11) is -3.79. The van der Waals surface area contributed by atoms with E-state index >= 15 is 0 Å². The second-order valence-electron chi connectivity index (χ2n) is 7.26. The molecule has 4 rings (SSSR count). The van der Waals surface area contributed by atoms with Crippen LogP contribution in [0.4, 0.5) is 5.69 Å². The van der Waals surface area contributed by atoms with E-state index in [1.807, 2.05) is 24.3 Å². The number of rotatable bonds is 5.